The first-order valence-electron chi connectivity index (χ1n) is 3.96. The Morgan fingerprint density at radius 3 is 2.86 bits per heavy atom. The van der Waals surface area contributed by atoms with E-state index in [1.807, 2.05) is 6.92 Å². The number of nitro groups is 1. The van der Waals surface area contributed by atoms with Crippen LogP contribution in [-0.4, -0.2) is 14.9 Å². The molecule has 2 aromatic rings. The molecule has 0 bridgehead atoms. The molecule has 0 atom stereocenters. The molecular weight excluding hydrogens is 202 g/mol. The minimum atomic E-state index is -0.434. The van der Waals surface area contributed by atoms with Crippen LogP contribution in [-0.2, 0) is 0 Å². The summed E-state index contributed by atoms with van der Waals surface area (Å²) in [4.78, 5) is 19.1. The fraction of sp³-hybridized carbons (Fsp3) is 0.250. The molecule has 0 saturated heterocycles. The fourth-order valence-corrected chi connectivity index (χ4v) is 2.09. The van der Waals surface area contributed by atoms with Gasteiger partial charge in [-0.05, 0) is 13.8 Å². The topological polar surface area (TPSA) is 68.9 Å². The lowest BCUT2D eigenvalue weighted by molar-refractivity contribution is -0.385. The highest BCUT2D eigenvalue weighted by atomic mass is 32.1. The third-order valence-electron chi connectivity index (χ3n) is 1.96. The van der Waals surface area contributed by atoms with Gasteiger partial charge >= 0.3 is 0 Å². The average Bonchev–Trinajstić information content (AvgIpc) is 2.46. The molecule has 2 heterocycles. The summed E-state index contributed by atoms with van der Waals surface area (Å²) in [6.45, 7) is 3.55. The fourth-order valence-electron chi connectivity index (χ4n) is 1.27. The zero-order valence-corrected chi connectivity index (χ0v) is 8.46. The highest BCUT2D eigenvalue weighted by Gasteiger charge is 2.16. The lowest BCUT2D eigenvalue weighted by atomic mass is 10.2. The van der Waals surface area contributed by atoms with E-state index in [4.69, 9.17) is 0 Å². The SMILES string of the molecule is Cc1nc2c(C)c([N+](=O)[O-])cnc2s1. The number of hydrogen-bond donors (Lipinski definition) is 0. The van der Waals surface area contributed by atoms with Crippen molar-refractivity contribution < 1.29 is 4.92 Å². The van der Waals surface area contributed by atoms with Crippen molar-refractivity contribution in [2.24, 2.45) is 0 Å². The quantitative estimate of drug-likeness (QED) is 0.533. The number of pyridine rings is 1. The maximum atomic E-state index is 10.6. The first kappa shape index (κ1) is 9.01. The molecule has 6 heteroatoms. The number of nitrogens with zero attached hydrogens (tertiary/aromatic N) is 3. The van der Waals surface area contributed by atoms with Crippen molar-refractivity contribution in [2.75, 3.05) is 0 Å². The minimum Gasteiger partial charge on any atom is -0.258 e. The Labute approximate surface area is 83.6 Å². The number of hydrogen-bond acceptors (Lipinski definition) is 5. The predicted molar refractivity (Wildman–Crippen MR) is 53.5 cm³/mol. The maximum absolute atomic E-state index is 10.6. The largest absolute Gasteiger partial charge is 0.292 e. The van der Waals surface area contributed by atoms with Crippen LogP contribution in [0.25, 0.3) is 10.3 Å². The molecule has 72 valence electrons. The van der Waals surface area contributed by atoms with E-state index in [0.717, 1.165) is 9.84 Å². The van der Waals surface area contributed by atoms with Gasteiger partial charge in [0.15, 0.2) is 0 Å². The standard InChI is InChI=1S/C8H7N3O2S/c1-4-6(11(12)13)3-9-8-7(4)10-5(2)14-8/h3H,1-2H3. The Kier molecular flexibility index (Phi) is 1.92. The third kappa shape index (κ3) is 1.24. The molecule has 0 aliphatic rings. The Bertz CT molecular complexity index is 521. The van der Waals surface area contributed by atoms with Gasteiger partial charge in [-0.25, -0.2) is 9.97 Å². The Balaban J connectivity index is 2.80. The number of rotatable bonds is 1. The molecule has 0 aliphatic carbocycles. The minimum absolute atomic E-state index is 0.0304. The summed E-state index contributed by atoms with van der Waals surface area (Å²) < 4.78 is 0. The molecule has 2 aromatic heterocycles. The van der Waals surface area contributed by atoms with Gasteiger partial charge in [0, 0.05) is 0 Å². The van der Waals surface area contributed by atoms with Gasteiger partial charge in [-0.1, -0.05) is 11.3 Å². The van der Waals surface area contributed by atoms with Crippen LogP contribution in [0.4, 0.5) is 5.69 Å². The van der Waals surface area contributed by atoms with Gasteiger partial charge in [-0.3, -0.25) is 10.1 Å². The summed E-state index contributed by atoms with van der Waals surface area (Å²) in [7, 11) is 0. The number of aryl methyl sites for hydroxylation is 2. The van der Waals surface area contributed by atoms with E-state index in [0.29, 0.717) is 11.1 Å². The number of aromatic nitrogens is 2. The van der Waals surface area contributed by atoms with Crippen LogP contribution in [0.5, 0.6) is 0 Å². The summed E-state index contributed by atoms with van der Waals surface area (Å²) in [6.07, 6.45) is 1.29. The van der Waals surface area contributed by atoms with Gasteiger partial charge in [0.25, 0.3) is 5.69 Å². The van der Waals surface area contributed by atoms with Gasteiger partial charge in [-0.15, -0.1) is 0 Å². The molecule has 0 aliphatic heterocycles. The Morgan fingerprint density at radius 2 is 2.21 bits per heavy atom. The predicted octanol–water partition coefficient (Wildman–Crippen LogP) is 2.22. The zero-order valence-electron chi connectivity index (χ0n) is 7.64. The first-order chi connectivity index (χ1) is 6.59. The summed E-state index contributed by atoms with van der Waals surface area (Å²) >= 11 is 1.44. The highest BCUT2D eigenvalue weighted by Crippen LogP contribution is 2.27. The van der Waals surface area contributed by atoms with E-state index < -0.39 is 4.92 Å². The van der Waals surface area contributed by atoms with Gasteiger partial charge in [0.05, 0.1) is 15.5 Å². The van der Waals surface area contributed by atoms with E-state index in [-0.39, 0.29) is 5.69 Å². The van der Waals surface area contributed by atoms with Crippen molar-refractivity contribution in [3.05, 3.63) is 26.9 Å². The molecule has 0 N–H and O–H groups in total. The van der Waals surface area contributed by atoms with Gasteiger partial charge in [0.2, 0.25) is 0 Å². The van der Waals surface area contributed by atoms with Crippen LogP contribution in [0.15, 0.2) is 6.20 Å². The van der Waals surface area contributed by atoms with Crippen LogP contribution in [0.3, 0.4) is 0 Å². The van der Waals surface area contributed by atoms with Crippen molar-refractivity contribution in [1.29, 1.82) is 0 Å². The summed E-state index contributed by atoms with van der Waals surface area (Å²) in [6, 6.07) is 0. The zero-order chi connectivity index (χ0) is 10.3. The molecule has 0 radical (unpaired) electrons. The molecule has 14 heavy (non-hydrogen) atoms. The summed E-state index contributed by atoms with van der Waals surface area (Å²) in [5.41, 5.74) is 1.26. The molecule has 0 aromatic carbocycles. The second kappa shape index (κ2) is 2.98. The molecule has 0 amide bonds. The molecule has 0 spiro atoms. The monoisotopic (exact) mass is 209 g/mol. The van der Waals surface area contributed by atoms with Crippen molar-refractivity contribution in [1.82, 2.24) is 9.97 Å². The van der Waals surface area contributed by atoms with Crippen LogP contribution in [0, 0.1) is 24.0 Å². The second-order valence-electron chi connectivity index (χ2n) is 2.91. The Morgan fingerprint density at radius 1 is 1.50 bits per heavy atom. The molecule has 0 fully saturated rings. The normalized spacial score (nSPS) is 10.7. The molecular formula is C8H7N3O2S. The highest BCUT2D eigenvalue weighted by molar-refractivity contribution is 7.18. The maximum Gasteiger partial charge on any atom is 0.292 e. The van der Waals surface area contributed by atoms with E-state index in [1.165, 1.54) is 17.5 Å². The van der Waals surface area contributed by atoms with Gasteiger partial charge in [0.1, 0.15) is 16.5 Å². The average molecular weight is 209 g/mol. The van der Waals surface area contributed by atoms with Crippen molar-refractivity contribution in [3.8, 4) is 0 Å². The molecule has 0 saturated carbocycles. The van der Waals surface area contributed by atoms with Crippen molar-refractivity contribution in [3.63, 3.8) is 0 Å². The molecule has 2 rings (SSSR count). The molecule has 5 nitrogen and oxygen atoms in total. The van der Waals surface area contributed by atoms with Crippen molar-refractivity contribution in [2.45, 2.75) is 13.8 Å². The Hall–Kier alpha value is -1.56. The number of fused-ring (bicyclic) bond motifs is 1. The lowest BCUT2D eigenvalue weighted by Crippen LogP contribution is -1.93. The van der Waals surface area contributed by atoms with Gasteiger partial charge < -0.3 is 0 Å². The van der Waals surface area contributed by atoms with Crippen LogP contribution in [0.1, 0.15) is 10.6 Å². The number of thiazole rings is 1. The summed E-state index contributed by atoms with van der Waals surface area (Å²) in [5.74, 6) is 0. The van der Waals surface area contributed by atoms with E-state index >= 15 is 0 Å². The third-order valence-corrected chi connectivity index (χ3v) is 2.84. The van der Waals surface area contributed by atoms with Crippen molar-refractivity contribution >= 4 is 27.4 Å². The molecule has 0 unspecified atom stereocenters. The lowest BCUT2D eigenvalue weighted by Gasteiger charge is -1.95. The first-order valence-corrected chi connectivity index (χ1v) is 4.78. The van der Waals surface area contributed by atoms with E-state index in [9.17, 15) is 10.1 Å². The van der Waals surface area contributed by atoms with E-state index in [2.05, 4.69) is 9.97 Å². The van der Waals surface area contributed by atoms with Crippen LogP contribution >= 0.6 is 11.3 Å². The summed E-state index contributed by atoms with van der Waals surface area (Å²) in [5, 5.41) is 11.5. The van der Waals surface area contributed by atoms with Gasteiger partial charge in [-0.2, -0.15) is 0 Å². The second-order valence-corrected chi connectivity index (χ2v) is 4.09. The van der Waals surface area contributed by atoms with Crippen LogP contribution in [0.2, 0.25) is 0 Å². The smallest absolute Gasteiger partial charge is 0.258 e. The van der Waals surface area contributed by atoms with Crippen LogP contribution < -0.4 is 0 Å². The van der Waals surface area contributed by atoms with E-state index in [1.54, 1.807) is 6.92 Å².